The molecule has 2 saturated carbocycles. The number of nitrogens with zero attached hydrogens (tertiary/aromatic N) is 9. The second-order valence-corrected chi connectivity index (χ2v) is 32.8. The van der Waals surface area contributed by atoms with Gasteiger partial charge in [0.05, 0.1) is 96.5 Å². The van der Waals surface area contributed by atoms with Crippen molar-refractivity contribution in [3.8, 4) is 71.6 Å². The van der Waals surface area contributed by atoms with Gasteiger partial charge >= 0.3 is 5.97 Å². The molecule has 0 radical (unpaired) electrons. The number of tetrazole rings is 2. The number of ether oxygens (including phenoxy) is 6. The first-order chi connectivity index (χ1) is 54.1. The summed E-state index contributed by atoms with van der Waals surface area (Å²) >= 11 is 34.4. The number of terminal acetylenes is 2. The van der Waals surface area contributed by atoms with Gasteiger partial charge in [-0.2, -0.15) is 9.36 Å². The van der Waals surface area contributed by atoms with Crippen molar-refractivity contribution in [2.45, 2.75) is 178 Å². The van der Waals surface area contributed by atoms with Crippen molar-refractivity contribution in [1.29, 1.82) is 0 Å². The zero-order chi connectivity index (χ0) is 83.7. The average molecular weight is 1700 g/mol. The molecule has 0 bridgehead atoms. The quantitative estimate of drug-likeness (QED) is 0.0136. The second kappa shape index (κ2) is 47.0. The Kier molecular flexibility index (Phi) is 39.3. The Labute approximate surface area is 703 Å². The highest BCUT2D eigenvalue weighted by Crippen LogP contribution is 2.43. The summed E-state index contributed by atoms with van der Waals surface area (Å²) < 4.78 is 34.8. The van der Waals surface area contributed by atoms with Gasteiger partial charge in [0.25, 0.3) is 0 Å². The highest BCUT2D eigenvalue weighted by Gasteiger charge is 2.28. The summed E-state index contributed by atoms with van der Waals surface area (Å²) in [4.78, 5) is 38.7. The molecule has 0 atom stereocenters. The van der Waals surface area contributed by atoms with E-state index >= 15 is 0 Å². The first kappa shape index (κ1) is 95.3. The molecule has 10 rings (SSSR count). The molecule has 29 heteroatoms. The summed E-state index contributed by atoms with van der Waals surface area (Å²) in [6.07, 6.45) is 18.0. The third kappa shape index (κ3) is 34.7. The lowest BCUT2D eigenvalue weighted by Crippen LogP contribution is -2.29. The summed E-state index contributed by atoms with van der Waals surface area (Å²) in [6, 6.07) is 28.1. The van der Waals surface area contributed by atoms with Crippen LogP contribution in [0.25, 0.3) is 11.4 Å². The summed E-state index contributed by atoms with van der Waals surface area (Å²) in [5, 5.41) is 53.4. The van der Waals surface area contributed by atoms with E-state index in [1.165, 1.54) is 73.2 Å². The number of anilines is 1. The number of benzene rings is 5. The maximum absolute atomic E-state index is 12.8. The second-order valence-electron chi connectivity index (χ2n) is 28.9. The predicted molar refractivity (Wildman–Crippen MR) is 452 cm³/mol. The fourth-order valence-corrected chi connectivity index (χ4v) is 12.9. The Morgan fingerprint density at radius 1 is 0.518 bits per heavy atom. The number of carbonyl (C=O) groups excluding carboxylic acids is 3. The zero-order valence-corrected chi connectivity index (χ0v) is 71.8. The standard InChI is InChI=1S/C30H33Cl2N5O2S.C26H26Cl2N4O3S.C13H16ClNO2.C9H14O3.C7H12O2/c1-30(2,39-16-15-36-13-3-4-14-36)12-11-21-5-6-24(26(31)17-21)18-25(38)20-40-29-33-34-35-37(29)28-10-9-23(19-27(28)32)22-7-8-22;1-26(2,35-12-11-33)10-9-17-3-4-20(22(27)13-17)14-21(34)16-36-25-29-30-31-32(25)24-8-7-19(15-23(24)28)18-5-6-18;1-13(2,17-8-7-16)6-5-10-3-4-12(15)11(14)9-10;1-5-9(3,4)12-7-8(10)11-6-2;1-4-7(2,3)9-6-5-8/h5-6,9-10,17,19,22H,3-4,7-8,13-16,18,20H2,1-2H3;3-4,7-8,13,15,18,33H,5-6,11-12,14,16H2,1-2H3;3-4,9,16H,7-8,15H2,1-2H3;1H,6-7H2,2-4H3;1,8H,5-6H2,2-3H3. The fraction of sp³-hybridized carbons (Fsp3) is 0.471. The number of aliphatic hydroxyl groups excluding tert-OH is 3. The van der Waals surface area contributed by atoms with Crippen LogP contribution in [0.3, 0.4) is 0 Å². The molecule has 5 aromatic carbocycles. The number of hydrogen-bond donors (Lipinski definition) is 4. The number of nitrogen functional groups attached to an aromatic ring is 1. The minimum atomic E-state index is -0.702. The number of aromatic nitrogens is 8. The van der Waals surface area contributed by atoms with Gasteiger partial charge in [0.1, 0.15) is 46.2 Å². The lowest BCUT2D eigenvalue weighted by Gasteiger charge is -2.21. The Balaban J connectivity index is 0.000000247. The number of esters is 1. The van der Waals surface area contributed by atoms with Crippen molar-refractivity contribution in [2.75, 3.05) is 96.3 Å². The lowest BCUT2D eigenvalue weighted by molar-refractivity contribution is -0.151. The van der Waals surface area contributed by atoms with Crippen LogP contribution in [0.15, 0.2) is 101 Å². The first-order valence-corrected chi connectivity index (χ1v) is 41.0. The molecule has 2 aromatic heterocycles. The molecule has 0 unspecified atom stereocenters. The Morgan fingerprint density at radius 2 is 0.904 bits per heavy atom. The topological polar surface area (TPSA) is 284 Å². The number of halogens is 5. The number of rotatable bonds is 31. The van der Waals surface area contributed by atoms with Crippen molar-refractivity contribution < 1.29 is 58.1 Å². The molecule has 1 aliphatic heterocycles. The number of Topliss-reactive ketones (excluding diaryl/α,β-unsaturated/α-hetero) is 2. The van der Waals surface area contributed by atoms with E-state index in [1.807, 2.05) is 90.1 Å². The lowest BCUT2D eigenvalue weighted by atomic mass is 10.1. The van der Waals surface area contributed by atoms with Gasteiger partial charge in [-0.1, -0.05) is 153 Å². The molecule has 114 heavy (non-hydrogen) atoms. The molecule has 1 saturated heterocycles. The van der Waals surface area contributed by atoms with E-state index < -0.39 is 28.0 Å². The fourth-order valence-electron chi connectivity index (χ4n) is 10.2. The molecule has 3 fully saturated rings. The van der Waals surface area contributed by atoms with Gasteiger partial charge in [0.15, 0.2) is 0 Å². The van der Waals surface area contributed by atoms with E-state index in [1.54, 1.807) is 74.3 Å². The van der Waals surface area contributed by atoms with Crippen LogP contribution >= 0.6 is 81.5 Å². The van der Waals surface area contributed by atoms with Gasteiger partial charge < -0.3 is 54.4 Å². The largest absolute Gasteiger partial charge is 0.464 e. The Hall–Kier alpha value is -7.56. The highest BCUT2D eigenvalue weighted by atomic mass is 35.5. The van der Waals surface area contributed by atoms with Crippen molar-refractivity contribution in [1.82, 2.24) is 45.3 Å². The van der Waals surface area contributed by atoms with Crippen LogP contribution in [0.1, 0.15) is 165 Å². The average Bonchev–Trinajstić information content (AvgIpc) is 1.66. The van der Waals surface area contributed by atoms with Crippen molar-refractivity contribution >= 4 is 105 Å². The van der Waals surface area contributed by atoms with Gasteiger partial charge in [-0.25, -0.2) is 4.79 Å². The molecule has 2 aliphatic carbocycles. The molecule has 0 spiro atoms. The van der Waals surface area contributed by atoms with Gasteiger partial charge in [-0.15, -0.1) is 23.0 Å². The predicted octanol–water partition coefficient (Wildman–Crippen LogP) is 14.3. The number of aliphatic hydroxyl groups is 3. The minimum absolute atomic E-state index is 0.0102. The molecule has 5 N–H and O–H groups in total. The Bertz CT molecular complexity index is 4620. The summed E-state index contributed by atoms with van der Waals surface area (Å²) in [6.45, 7) is 24.9. The molecule has 22 nitrogen and oxygen atoms in total. The molecule has 3 heterocycles. The Morgan fingerprint density at radius 3 is 1.27 bits per heavy atom. The number of carbonyl (C=O) groups is 3. The molecule has 610 valence electrons. The van der Waals surface area contributed by atoms with Gasteiger partial charge in [-0.05, 0) is 249 Å². The van der Waals surface area contributed by atoms with Crippen LogP contribution in [0.5, 0.6) is 0 Å². The van der Waals surface area contributed by atoms with Crippen LogP contribution in [-0.2, 0) is 55.6 Å². The number of nitrogens with two attached hydrogens (primary N) is 1. The summed E-state index contributed by atoms with van der Waals surface area (Å²) in [5.74, 6) is 24.4. The van der Waals surface area contributed by atoms with E-state index in [0.717, 1.165) is 47.5 Å². The normalized spacial score (nSPS) is 13.3. The van der Waals surface area contributed by atoms with Crippen LogP contribution in [0.2, 0.25) is 25.1 Å². The van der Waals surface area contributed by atoms with E-state index in [-0.39, 0.29) is 81.5 Å². The van der Waals surface area contributed by atoms with Crippen molar-refractivity contribution in [2.24, 2.45) is 0 Å². The first-order valence-electron chi connectivity index (χ1n) is 37.1. The van der Waals surface area contributed by atoms with Crippen molar-refractivity contribution in [3.63, 3.8) is 0 Å². The maximum Gasteiger partial charge on any atom is 0.332 e. The number of ketones is 2. The third-order valence-electron chi connectivity index (χ3n) is 16.8. The molecular weight excluding hydrogens is 1590 g/mol. The monoisotopic (exact) mass is 1690 g/mol. The molecule has 7 aromatic rings. The smallest absolute Gasteiger partial charge is 0.332 e. The van der Waals surface area contributed by atoms with E-state index in [0.29, 0.717) is 84.1 Å². The van der Waals surface area contributed by atoms with E-state index in [4.69, 9.17) is 116 Å². The van der Waals surface area contributed by atoms with Crippen LogP contribution in [0.4, 0.5) is 5.69 Å². The number of hydrogen-bond acceptors (Lipinski definition) is 22. The third-order valence-corrected chi connectivity index (χ3v) is 20.4. The van der Waals surface area contributed by atoms with Crippen LogP contribution in [0, 0.1) is 60.2 Å². The van der Waals surface area contributed by atoms with E-state index in [2.05, 4.69) is 100 Å². The summed E-state index contributed by atoms with van der Waals surface area (Å²) in [5.41, 5.74) is 10.7. The minimum Gasteiger partial charge on any atom is -0.464 e. The van der Waals surface area contributed by atoms with E-state index in [9.17, 15) is 14.4 Å². The maximum atomic E-state index is 12.8. The summed E-state index contributed by atoms with van der Waals surface area (Å²) in [7, 11) is 0. The zero-order valence-electron chi connectivity index (χ0n) is 66.4. The SMILES string of the molecule is C#CC(C)(C)OCC(=O)OCC.C#CC(C)(C)OCCO.CC(C)(C#Cc1ccc(CC(=O)CSc2nnnn2-c2ccc(C3CC3)cc2Cl)c(Cl)c1)OCCN1CCCC1.CC(C)(C#Cc1ccc(CC(=O)CSc2nnnn2-c2ccc(C3CC3)cc2Cl)c(Cl)c1)OCCO.CC(C)(C#Cc1ccc(N)c(Cl)c1)OCCO. The molecule has 3 aliphatic rings. The molecular formula is C85H101Cl5N10O12S2. The number of likely N-dealkylation sites (tertiary alicyclic amines) is 1. The van der Waals surface area contributed by atoms with Gasteiger partial charge in [-0.3, -0.25) is 9.59 Å². The van der Waals surface area contributed by atoms with Gasteiger partial charge in [0, 0.05) is 46.1 Å². The van der Waals surface area contributed by atoms with Crippen molar-refractivity contribution in [3.05, 3.63) is 155 Å². The van der Waals surface area contributed by atoms with Crippen LogP contribution in [-0.4, -0.2) is 197 Å². The molecule has 0 amide bonds. The highest BCUT2D eigenvalue weighted by molar-refractivity contribution is 8.00. The van der Waals surface area contributed by atoms with Crippen LogP contribution < -0.4 is 5.73 Å². The van der Waals surface area contributed by atoms with Gasteiger partial charge in [0.2, 0.25) is 10.3 Å². The number of thioether (sulfide) groups is 2.